The molecule has 158 valence electrons. The highest BCUT2D eigenvalue weighted by molar-refractivity contribution is 7.91. The van der Waals surface area contributed by atoms with Gasteiger partial charge in [-0.3, -0.25) is 9.48 Å². The second-order valence-corrected chi connectivity index (χ2v) is 10.5. The van der Waals surface area contributed by atoms with Gasteiger partial charge in [0.25, 0.3) is 10.0 Å². The van der Waals surface area contributed by atoms with Crippen LogP contribution in [0.25, 0.3) is 0 Å². The molecule has 0 bridgehead atoms. The van der Waals surface area contributed by atoms with Crippen LogP contribution in [0.15, 0.2) is 52.1 Å². The maximum absolute atomic E-state index is 12.9. The van der Waals surface area contributed by atoms with Crippen LogP contribution in [0.1, 0.15) is 29.8 Å². The van der Waals surface area contributed by atoms with Crippen molar-refractivity contribution in [2.45, 2.75) is 43.5 Å². The van der Waals surface area contributed by atoms with E-state index in [1.165, 1.54) is 15.6 Å². The molecule has 4 rings (SSSR count). The molecule has 7 nitrogen and oxygen atoms in total. The van der Waals surface area contributed by atoms with E-state index in [2.05, 4.69) is 10.4 Å². The van der Waals surface area contributed by atoms with Crippen molar-refractivity contribution in [1.82, 2.24) is 14.1 Å². The minimum absolute atomic E-state index is 0.272. The molecule has 1 N–H and O–H groups in total. The van der Waals surface area contributed by atoms with Crippen molar-refractivity contribution >= 4 is 33.0 Å². The lowest BCUT2D eigenvalue weighted by Gasteiger charge is -2.22. The summed E-state index contributed by atoms with van der Waals surface area (Å²) in [6.45, 7) is 4.92. The molecule has 0 saturated carbocycles. The van der Waals surface area contributed by atoms with Gasteiger partial charge in [-0.2, -0.15) is 9.40 Å². The molecule has 1 aromatic carbocycles. The Morgan fingerprint density at radius 3 is 2.77 bits per heavy atom. The third-order valence-corrected chi connectivity index (χ3v) is 8.48. The number of anilines is 1. The first kappa shape index (κ1) is 20.8. The number of amides is 1. The normalized spacial score (nSPS) is 17.3. The predicted molar refractivity (Wildman–Crippen MR) is 117 cm³/mol. The summed E-state index contributed by atoms with van der Waals surface area (Å²) < 4.78 is 29.3. The van der Waals surface area contributed by atoms with Gasteiger partial charge < -0.3 is 5.32 Å². The Hall–Kier alpha value is -2.49. The van der Waals surface area contributed by atoms with Gasteiger partial charge >= 0.3 is 0 Å². The molecule has 1 saturated heterocycles. The minimum Gasteiger partial charge on any atom is -0.325 e. The first-order valence-corrected chi connectivity index (χ1v) is 12.1. The van der Waals surface area contributed by atoms with Gasteiger partial charge in [0.2, 0.25) is 5.91 Å². The first-order valence-electron chi connectivity index (χ1n) is 9.81. The van der Waals surface area contributed by atoms with Crippen LogP contribution < -0.4 is 5.32 Å². The molecule has 1 amide bonds. The van der Waals surface area contributed by atoms with Crippen molar-refractivity contribution in [3.05, 3.63) is 64.8 Å². The maximum atomic E-state index is 12.9. The number of hydrogen-bond acceptors (Lipinski definition) is 5. The lowest BCUT2D eigenvalue weighted by atomic mass is 10.1. The molecule has 1 aliphatic rings. The van der Waals surface area contributed by atoms with E-state index in [4.69, 9.17) is 0 Å². The van der Waals surface area contributed by atoms with Crippen LogP contribution in [-0.4, -0.2) is 41.0 Å². The Morgan fingerprint density at radius 2 is 2.07 bits per heavy atom. The SMILES string of the molecule is Cc1cc(C)n(Cc2cccc(NC(=O)C3CCCN3S(=O)(=O)c3cccs3)c2)n1. The number of rotatable bonds is 6. The number of carbonyl (C=O) groups excluding carboxylic acids is 1. The standard InChI is InChI=1S/C21H24N4O3S2/c1-15-12-16(2)24(23-15)14-17-6-3-7-18(13-17)22-21(26)19-8-4-10-25(19)30(27,28)20-9-5-11-29-20/h3,5-7,9,11-13,19H,4,8,10,14H2,1-2H3,(H,22,26). The lowest BCUT2D eigenvalue weighted by Crippen LogP contribution is -2.42. The quantitative estimate of drug-likeness (QED) is 0.632. The van der Waals surface area contributed by atoms with Crippen LogP contribution in [0.4, 0.5) is 5.69 Å². The van der Waals surface area contributed by atoms with Crippen LogP contribution >= 0.6 is 11.3 Å². The number of aryl methyl sites for hydroxylation is 2. The molecule has 3 aromatic rings. The molecule has 1 fully saturated rings. The summed E-state index contributed by atoms with van der Waals surface area (Å²) in [6.07, 6.45) is 1.18. The molecule has 2 aromatic heterocycles. The molecule has 1 aliphatic heterocycles. The van der Waals surface area contributed by atoms with Gasteiger partial charge in [-0.05, 0) is 61.9 Å². The minimum atomic E-state index is -3.65. The highest BCUT2D eigenvalue weighted by Gasteiger charge is 2.39. The second kappa shape index (κ2) is 8.33. The van der Waals surface area contributed by atoms with E-state index >= 15 is 0 Å². The van der Waals surface area contributed by atoms with Gasteiger partial charge in [0.1, 0.15) is 10.3 Å². The van der Waals surface area contributed by atoms with Gasteiger partial charge in [-0.15, -0.1) is 11.3 Å². The summed E-state index contributed by atoms with van der Waals surface area (Å²) >= 11 is 1.17. The lowest BCUT2D eigenvalue weighted by molar-refractivity contribution is -0.119. The fourth-order valence-electron chi connectivity index (χ4n) is 3.80. The highest BCUT2D eigenvalue weighted by Crippen LogP contribution is 2.29. The summed E-state index contributed by atoms with van der Waals surface area (Å²) in [7, 11) is -3.65. The van der Waals surface area contributed by atoms with Crippen LogP contribution in [0.5, 0.6) is 0 Å². The molecule has 0 aliphatic carbocycles. The molecule has 30 heavy (non-hydrogen) atoms. The monoisotopic (exact) mass is 444 g/mol. The zero-order chi connectivity index (χ0) is 21.3. The number of thiophene rings is 1. The average Bonchev–Trinajstić information content (AvgIpc) is 3.44. The van der Waals surface area contributed by atoms with Crippen LogP contribution in [0.3, 0.4) is 0 Å². The number of sulfonamides is 1. The summed E-state index contributed by atoms with van der Waals surface area (Å²) in [5, 5.41) is 9.11. The van der Waals surface area contributed by atoms with E-state index in [-0.39, 0.29) is 10.1 Å². The summed E-state index contributed by atoms with van der Waals surface area (Å²) in [5.41, 5.74) is 3.69. The smallest absolute Gasteiger partial charge is 0.253 e. The van der Waals surface area contributed by atoms with Crippen molar-refractivity contribution in [1.29, 1.82) is 0 Å². The molecule has 1 unspecified atom stereocenters. The molecular formula is C21H24N4O3S2. The molecule has 3 heterocycles. The van der Waals surface area contributed by atoms with Gasteiger partial charge in [-0.1, -0.05) is 18.2 Å². The van der Waals surface area contributed by atoms with Crippen molar-refractivity contribution in [2.75, 3.05) is 11.9 Å². The largest absolute Gasteiger partial charge is 0.325 e. The van der Waals surface area contributed by atoms with Gasteiger partial charge in [0.15, 0.2) is 0 Å². The zero-order valence-corrected chi connectivity index (χ0v) is 18.5. The number of hydrogen-bond donors (Lipinski definition) is 1. The van der Waals surface area contributed by atoms with E-state index in [9.17, 15) is 13.2 Å². The number of carbonyl (C=O) groups is 1. The van der Waals surface area contributed by atoms with Crippen molar-refractivity contribution in [3.63, 3.8) is 0 Å². The topological polar surface area (TPSA) is 84.3 Å². The molecular weight excluding hydrogens is 420 g/mol. The first-order chi connectivity index (χ1) is 14.3. The third kappa shape index (κ3) is 4.19. The highest BCUT2D eigenvalue weighted by atomic mass is 32.2. The fourth-order valence-corrected chi connectivity index (χ4v) is 6.57. The Kier molecular flexibility index (Phi) is 5.77. The van der Waals surface area contributed by atoms with Gasteiger partial charge in [-0.25, -0.2) is 8.42 Å². The van der Waals surface area contributed by atoms with Crippen LogP contribution in [0, 0.1) is 13.8 Å². The summed E-state index contributed by atoms with van der Waals surface area (Å²) in [6, 6.07) is 12.2. The van der Waals surface area contributed by atoms with E-state index in [1.54, 1.807) is 17.5 Å². The van der Waals surface area contributed by atoms with Gasteiger partial charge in [0.05, 0.1) is 12.2 Å². The van der Waals surface area contributed by atoms with Crippen molar-refractivity contribution in [2.24, 2.45) is 0 Å². The number of nitrogens with one attached hydrogen (secondary N) is 1. The van der Waals surface area contributed by atoms with E-state index < -0.39 is 16.1 Å². The van der Waals surface area contributed by atoms with E-state index in [1.807, 2.05) is 48.9 Å². The van der Waals surface area contributed by atoms with Crippen LogP contribution in [-0.2, 0) is 21.4 Å². The predicted octanol–water partition coefficient (Wildman–Crippen LogP) is 3.40. The fraction of sp³-hybridized carbons (Fsp3) is 0.333. The Labute approximate surface area is 180 Å². The maximum Gasteiger partial charge on any atom is 0.253 e. The van der Waals surface area contributed by atoms with E-state index in [0.717, 1.165) is 17.0 Å². The molecule has 0 radical (unpaired) electrons. The third-order valence-electron chi connectivity index (χ3n) is 5.19. The zero-order valence-electron chi connectivity index (χ0n) is 16.9. The van der Waals surface area contributed by atoms with E-state index in [0.29, 0.717) is 31.6 Å². The average molecular weight is 445 g/mol. The molecule has 0 spiro atoms. The second-order valence-electron chi connectivity index (χ2n) is 7.48. The number of aromatic nitrogens is 2. The van der Waals surface area contributed by atoms with Crippen molar-refractivity contribution in [3.8, 4) is 0 Å². The number of benzene rings is 1. The molecule has 1 atom stereocenters. The van der Waals surface area contributed by atoms with Crippen LogP contribution in [0.2, 0.25) is 0 Å². The Morgan fingerprint density at radius 1 is 1.23 bits per heavy atom. The van der Waals surface area contributed by atoms with Crippen molar-refractivity contribution < 1.29 is 13.2 Å². The molecule has 9 heteroatoms. The Balaban J connectivity index is 1.49. The Bertz CT molecular complexity index is 1150. The number of nitrogens with zero attached hydrogens (tertiary/aromatic N) is 3. The van der Waals surface area contributed by atoms with Gasteiger partial charge in [0, 0.05) is 17.9 Å². The summed E-state index contributed by atoms with van der Waals surface area (Å²) in [4.78, 5) is 12.9. The summed E-state index contributed by atoms with van der Waals surface area (Å²) in [5.74, 6) is -0.295.